The lowest BCUT2D eigenvalue weighted by molar-refractivity contribution is -0.128. The van der Waals surface area contributed by atoms with Gasteiger partial charge in [0.15, 0.2) is 5.78 Å². The molecule has 0 heterocycles. The van der Waals surface area contributed by atoms with Gasteiger partial charge in [0.25, 0.3) is 0 Å². The van der Waals surface area contributed by atoms with Crippen LogP contribution in [-0.4, -0.2) is 11.6 Å². The standard InChI is InChI=1S/C24H26O2.C10H19N/c1-24-14-20(15-5-3-2-4-6-15)23-18-10-8-17(25)13-16(18)7-9-19(23)21(24)11-12-22(24)26;1-2-3-4-5-6-7-8-9-10-11/h2-6,13,19-21H,7-12,14H2,1H3;2-9H2,1H3/t19-,20+,21-,24-;/m0./s1. The Labute approximate surface area is 224 Å². The van der Waals surface area contributed by atoms with Crippen LogP contribution in [-0.2, 0) is 9.59 Å². The summed E-state index contributed by atoms with van der Waals surface area (Å²) < 4.78 is 0. The lowest BCUT2D eigenvalue weighted by Crippen LogP contribution is -2.43. The predicted octanol–water partition coefficient (Wildman–Crippen LogP) is 8.81. The Morgan fingerprint density at radius 2 is 1.65 bits per heavy atom. The SMILES string of the molecule is CCCCCCCCCC#N.C[C@]12C[C@H](c3ccccc3)C3=C4CCC(=O)C=C4CC[C@H]3[C@@H]1CCC2=O. The zero-order valence-electron chi connectivity index (χ0n) is 23.1. The average Bonchev–Trinajstić information content (AvgIpc) is 3.22. The molecule has 3 heteroatoms. The molecule has 4 atom stereocenters. The van der Waals surface area contributed by atoms with Gasteiger partial charge in [-0.1, -0.05) is 88.3 Å². The van der Waals surface area contributed by atoms with Gasteiger partial charge in [0.2, 0.25) is 0 Å². The summed E-state index contributed by atoms with van der Waals surface area (Å²) in [5.74, 6) is 2.11. The van der Waals surface area contributed by atoms with Gasteiger partial charge in [0.05, 0.1) is 6.07 Å². The molecule has 4 aliphatic rings. The lowest BCUT2D eigenvalue weighted by atomic mass is 9.53. The van der Waals surface area contributed by atoms with E-state index in [0.29, 0.717) is 30.0 Å². The molecule has 1 aromatic carbocycles. The fourth-order valence-electron chi connectivity index (χ4n) is 7.58. The number of rotatable bonds is 8. The van der Waals surface area contributed by atoms with Crippen molar-refractivity contribution in [2.24, 2.45) is 17.3 Å². The minimum atomic E-state index is -0.166. The van der Waals surface area contributed by atoms with Gasteiger partial charge in [-0.25, -0.2) is 0 Å². The normalized spacial score (nSPS) is 28.4. The van der Waals surface area contributed by atoms with Crippen LogP contribution in [0.3, 0.4) is 0 Å². The van der Waals surface area contributed by atoms with E-state index in [2.05, 4.69) is 50.2 Å². The second-order valence-electron chi connectivity index (χ2n) is 11.9. The Bertz CT molecular complexity index is 1060. The monoisotopic (exact) mass is 499 g/mol. The Morgan fingerprint density at radius 3 is 2.38 bits per heavy atom. The third-order valence-electron chi connectivity index (χ3n) is 9.54. The van der Waals surface area contributed by atoms with Gasteiger partial charge in [-0.3, -0.25) is 9.59 Å². The molecule has 0 N–H and O–H groups in total. The number of hydrogen-bond acceptors (Lipinski definition) is 3. The van der Waals surface area contributed by atoms with Gasteiger partial charge in [-0.2, -0.15) is 5.26 Å². The van der Waals surface area contributed by atoms with Gasteiger partial charge >= 0.3 is 0 Å². The number of ketones is 2. The second kappa shape index (κ2) is 12.9. The summed E-state index contributed by atoms with van der Waals surface area (Å²) in [5.41, 5.74) is 5.52. The van der Waals surface area contributed by atoms with Crippen molar-refractivity contribution in [3.8, 4) is 6.07 Å². The topological polar surface area (TPSA) is 57.9 Å². The van der Waals surface area contributed by atoms with Crippen molar-refractivity contribution in [1.29, 1.82) is 5.26 Å². The summed E-state index contributed by atoms with van der Waals surface area (Å²) in [7, 11) is 0. The zero-order chi connectivity index (χ0) is 26.3. The van der Waals surface area contributed by atoms with Crippen LogP contribution < -0.4 is 0 Å². The summed E-state index contributed by atoms with van der Waals surface area (Å²) in [5, 5.41) is 8.26. The largest absolute Gasteiger partial charge is 0.299 e. The quantitative estimate of drug-likeness (QED) is 0.336. The van der Waals surface area contributed by atoms with E-state index in [-0.39, 0.29) is 11.2 Å². The Kier molecular flexibility index (Phi) is 9.58. The summed E-state index contributed by atoms with van der Waals surface area (Å²) in [6, 6.07) is 12.9. The van der Waals surface area contributed by atoms with Crippen molar-refractivity contribution in [2.75, 3.05) is 0 Å². The first kappa shape index (κ1) is 27.6. The van der Waals surface area contributed by atoms with Crippen molar-refractivity contribution >= 4 is 11.6 Å². The molecule has 0 aliphatic heterocycles. The Balaban J connectivity index is 0.000000249. The number of allylic oxidation sites excluding steroid dienone is 4. The number of unbranched alkanes of at least 4 members (excludes halogenated alkanes) is 7. The van der Waals surface area contributed by atoms with E-state index in [0.717, 1.165) is 51.4 Å². The first-order valence-corrected chi connectivity index (χ1v) is 14.9. The minimum Gasteiger partial charge on any atom is -0.299 e. The molecule has 0 unspecified atom stereocenters. The van der Waals surface area contributed by atoms with E-state index in [1.54, 1.807) is 5.57 Å². The van der Waals surface area contributed by atoms with Crippen LogP contribution >= 0.6 is 0 Å². The molecule has 0 radical (unpaired) electrons. The van der Waals surface area contributed by atoms with E-state index >= 15 is 0 Å². The van der Waals surface area contributed by atoms with Crippen molar-refractivity contribution in [3.05, 3.63) is 58.7 Å². The highest BCUT2D eigenvalue weighted by Crippen LogP contribution is 2.62. The van der Waals surface area contributed by atoms with Crippen molar-refractivity contribution in [3.63, 3.8) is 0 Å². The highest BCUT2D eigenvalue weighted by molar-refractivity contribution is 5.93. The fourth-order valence-corrected chi connectivity index (χ4v) is 7.58. The summed E-state index contributed by atoms with van der Waals surface area (Å²) in [6.45, 7) is 4.47. The fraction of sp³-hybridized carbons (Fsp3) is 0.618. The smallest absolute Gasteiger partial charge is 0.156 e. The molecule has 198 valence electrons. The zero-order valence-corrected chi connectivity index (χ0v) is 23.1. The maximum absolute atomic E-state index is 12.8. The molecule has 0 bridgehead atoms. The molecule has 2 saturated carbocycles. The van der Waals surface area contributed by atoms with Crippen LogP contribution in [0.25, 0.3) is 0 Å². The van der Waals surface area contributed by atoms with Crippen LogP contribution in [0.2, 0.25) is 0 Å². The molecule has 0 saturated heterocycles. The number of carbonyl (C=O) groups excluding carboxylic acids is 2. The number of benzene rings is 1. The van der Waals surface area contributed by atoms with Crippen LogP contribution in [0.5, 0.6) is 0 Å². The molecule has 0 spiro atoms. The van der Waals surface area contributed by atoms with Crippen LogP contribution in [0.1, 0.15) is 122 Å². The van der Waals surface area contributed by atoms with Gasteiger partial charge in [-0.05, 0) is 73.1 Å². The molecule has 1 aromatic rings. The second-order valence-corrected chi connectivity index (χ2v) is 11.9. The number of Topliss-reactive ketones (excluding diaryl/α,β-unsaturated/α-hetero) is 1. The first-order valence-electron chi connectivity index (χ1n) is 14.9. The molecule has 5 rings (SSSR count). The number of carbonyl (C=O) groups is 2. The van der Waals surface area contributed by atoms with E-state index < -0.39 is 0 Å². The molecule has 0 aromatic heterocycles. The maximum atomic E-state index is 12.8. The van der Waals surface area contributed by atoms with Crippen LogP contribution in [0, 0.1) is 28.6 Å². The number of fused-ring (bicyclic) bond motifs is 4. The molecular weight excluding hydrogens is 454 g/mol. The Hall–Kier alpha value is -2.47. The Morgan fingerprint density at radius 1 is 0.919 bits per heavy atom. The van der Waals surface area contributed by atoms with E-state index in [1.165, 1.54) is 55.2 Å². The highest BCUT2D eigenvalue weighted by Gasteiger charge is 2.56. The van der Waals surface area contributed by atoms with Gasteiger partial charge in [-0.15, -0.1) is 0 Å². The van der Waals surface area contributed by atoms with Crippen molar-refractivity contribution < 1.29 is 9.59 Å². The third-order valence-corrected chi connectivity index (χ3v) is 9.54. The van der Waals surface area contributed by atoms with Crippen LogP contribution in [0.4, 0.5) is 0 Å². The summed E-state index contributed by atoms with van der Waals surface area (Å²) >= 11 is 0. The third kappa shape index (κ3) is 6.17. The van der Waals surface area contributed by atoms with Gasteiger partial charge in [0, 0.05) is 30.6 Å². The lowest BCUT2D eigenvalue weighted by Gasteiger charge is -2.50. The molecule has 2 fully saturated rings. The highest BCUT2D eigenvalue weighted by atomic mass is 16.1. The molecule has 4 aliphatic carbocycles. The minimum absolute atomic E-state index is 0.166. The molecular formula is C34H45NO2. The maximum Gasteiger partial charge on any atom is 0.156 e. The molecule has 37 heavy (non-hydrogen) atoms. The molecule has 0 amide bonds. The van der Waals surface area contributed by atoms with Crippen molar-refractivity contribution in [1.82, 2.24) is 0 Å². The summed E-state index contributed by atoms with van der Waals surface area (Å²) in [6.07, 6.45) is 18.2. The van der Waals surface area contributed by atoms with Crippen molar-refractivity contribution in [2.45, 2.75) is 116 Å². The van der Waals surface area contributed by atoms with Gasteiger partial charge in [0.1, 0.15) is 5.78 Å². The molecule has 3 nitrogen and oxygen atoms in total. The predicted molar refractivity (Wildman–Crippen MR) is 150 cm³/mol. The number of nitriles is 1. The number of hydrogen-bond donors (Lipinski definition) is 0. The van der Waals surface area contributed by atoms with Crippen LogP contribution in [0.15, 0.2) is 53.1 Å². The first-order chi connectivity index (χ1) is 18.0. The van der Waals surface area contributed by atoms with E-state index in [4.69, 9.17) is 5.26 Å². The number of nitrogens with zero attached hydrogens (tertiary/aromatic N) is 1. The van der Waals surface area contributed by atoms with E-state index in [1.807, 2.05) is 6.08 Å². The summed E-state index contributed by atoms with van der Waals surface area (Å²) in [4.78, 5) is 24.8. The average molecular weight is 500 g/mol. The van der Waals surface area contributed by atoms with Gasteiger partial charge < -0.3 is 0 Å². The van der Waals surface area contributed by atoms with E-state index in [9.17, 15) is 9.59 Å².